The zero-order valence-electron chi connectivity index (χ0n) is 7.58. The van der Waals surface area contributed by atoms with E-state index in [9.17, 15) is 0 Å². The summed E-state index contributed by atoms with van der Waals surface area (Å²) >= 11 is 1.80. The molecule has 0 bridgehead atoms. The maximum atomic E-state index is 5.63. The molecule has 0 amide bonds. The molecule has 1 unspecified atom stereocenters. The lowest BCUT2D eigenvalue weighted by molar-refractivity contribution is 0.944. The van der Waals surface area contributed by atoms with E-state index in [1.807, 2.05) is 0 Å². The molecule has 0 saturated heterocycles. The predicted octanol–water partition coefficient (Wildman–Crippen LogP) is 2.36. The second kappa shape index (κ2) is 4.53. The predicted molar refractivity (Wildman–Crippen MR) is 56.5 cm³/mol. The molecular weight excluding hydrogens is 166 g/mol. The van der Waals surface area contributed by atoms with Gasteiger partial charge in [0.15, 0.2) is 0 Å². The van der Waals surface area contributed by atoms with Crippen LogP contribution in [0.1, 0.15) is 16.4 Å². The van der Waals surface area contributed by atoms with Crippen LogP contribution in [-0.4, -0.2) is 12.8 Å². The zero-order valence-corrected chi connectivity index (χ0v) is 8.40. The average molecular weight is 181 g/mol. The fourth-order valence-electron chi connectivity index (χ4n) is 1.15. The van der Waals surface area contributed by atoms with Crippen molar-refractivity contribution >= 4 is 11.8 Å². The fourth-order valence-corrected chi connectivity index (χ4v) is 1.77. The third-order valence-electron chi connectivity index (χ3n) is 1.95. The van der Waals surface area contributed by atoms with Gasteiger partial charge in [-0.05, 0) is 18.7 Å². The standard InChI is InChI=1S/C10H15NS/c1-8-3-5-9(6-4-8)10(7-11)12-2/h3-6,10H,7,11H2,1-2H3. The van der Waals surface area contributed by atoms with Crippen molar-refractivity contribution in [1.82, 2.24) is 0 Å². The number of nitrogens with two attached hydrogens (primary N) is 1. The van der Waals surface area contributed by atoms with Crippen LogP contribution in [-0.2, 0) is 0 Å². The summed E-state index contributed by atoms with van der Waals surface area (Å²) in [7, 11) is 0. The number of hydrogen-bond acceptors (Lipinski definition) is 2. The van der Waals surface area contributed by atoms with Gasteiger partial charge in [-0.15, -0.1) is 0 Å². The van der Waals surface area contributed by atoms with Crippen molar-refractivity contribution in [3.8, 4) is 0 Å². The van der Waals surface area contributed by atoms with Crippen LogP contribution in [0.5, 0.6) is 0 Å². The quantitative estimate of drug-likeness (QED) is 0.774. The molecule has 0 radical (unpaired) electrons. The third-order valence-corrected chi connectivity index (χ3v) is 2.98. The van der Waals surface area contributed by atoms with E-state index in [0.717, 1.165) is 0 Å². The molecule has 66 valence electrons. The first kappa shape index (κ1) is 9.62. The zero-order chi connectivity index (χ0) is 8.97. The summed E-state index contributed by atoms with van der Waals surface area (Å²) in [5, 5.41) is 0.450. The molecule has 1 atom stereocenters. The van der Waals surface area contributed by atoms with Crippen molar-refractivity contribution in [1.29, 1.82) is 0 Å². The highest BCUT2D eigenvalue weighted by molar-refractivity contribution is 7.98. The van der Waals surface area contributed by atoms with Crippen molar-refractivity contribution < 1.29 is 0 Å². The minimum Gasteiger partial charge on any atom is -0.329 e. The molecule has 1 aromatic carbocycles. The highest BCUT2D eigenvalue weighted by Gasteiger charge is 2.05. The van der Waals surface area contributed by atoms with Crippen LogP contribution >= 0.6 is 11.8 Å². The van der Waals surface area contributed by atoms with E-state index >= 15 is 0 Å². The van der Waals surface area contributed by atoms with Crippen molar-refractivity contribution in [3.63, 3.8) is 0 Å². The maximum absolute atomic E-state index is 5.63. The first-order valence-corrected chi connectivity index (χ1v) is 5.36. The van der Waals surface area contributed by atoms with Crippen LogP contribution in [0.4, 0.5) is 0 Å². The fraction of sp³-hybridized carbons (Fsp3) is 0.400. The summed E-state index contributed by atoms with van der Waals surface area (Å²) in [6, 6.07) is 8.58. The van der Waals surface area contributed by atoms with Crippen molar-refractivity contribution in [2.75, 3.05) is 12.8 Å². The lowest BCUT2D eigenvalue weighted by Gasteiger charge is -2.11. The lowest BCUT2D eigenvalue weighted by Crippen LogP contribution is -2.08. The van der Waals surface area contributed by atoms with Crippen molar-refractivity contribution in [3.05, 3.63) is 35.4 Å². The van der Waals surface area contributed by atoms with E-state index in [-0.39, 0.29) is 0 Å². The minimum absolute atomic E-state index is 0.450. The molecule has 0 heterocycles. The Balaban J connectivity index is 2.80. The van der Waals surface area contributed by atoms with E-state index in [4.69, 9.17) is 5.73 Å². The molecule has 1 rings (SSSR count). The highest BCUT2D eigenvalue weighted by atomic mass is 32.2. The second-order valence-corrected chi connectivity index (χ2v) is 3.91. The summed E-state index contributed by atoms with van der Waals surface area (Å²) < 4.78 is 0. The van der Waals surface area contributed by atoms with Gasteiger partial charge in [0.25, 0.3) is 0 Å². The van der Waals surface area contributed by atoms with Gasteiger partial charge in [-0.2, -0.15) is 11.8 Å². The highest BCUT2D eigenvalue weighted by Crippen LogP contribution is 2.24. The molecule has 0 saturated carbocycles. The average Bonchev–Trinajstić information content (AvgIpc) is 2.10. The molecule has 0 aliphatic rings. The van der Waals surface area contributed by atoms with Gasteiger partial charge in [0.2, 0.25) is 0 Å². The third kappa shape index (κ3) is 2.26. The number of benzene rings is 1. The first-order chi connectivity index (χ1) is 5.77. The summed E-state index contributed by atoms with van der Waals surface area (Å²) in [5.41, 5.74) is 8.26. The van der Waals surface area contributed by atoms with E-state index in [0.29, 0.717) is 11.8 Å². The van der Waals surface area contributed by atoms with E-state index in [2.05, 4.69) is 37.4 Å². The molecule has 1 nitrogen and oxygen atoms in total. The summed E-state index contributed by atoms with van der Waals surface area (Å²) in [6.07, 6.45) is 2.09. The Morgan fingerprint density at radius 2 is 1.92 bits per heavy atom. The molecule has 1 aromatic rings. The second-order valence-electron chi connectivity index (χ2n) is 2.87. The Morgan fingerprint density at radius 3 is 2.33 bits per heavy atom. The molecule has 12 heavy (non-hydrogen) atoms. The van der Waals surface area contributed by atoms with Gasteiger partial charge >= 0.3 is 0 Å². The van der Waals surface area contributed by atoms with Crippen molar-refractivity contribution in [2.45, 2.75) is 12.2 Å². The molecule has 0 fully saturated rings. The summed E-state index contributed by atoms with van der Waals surface area (Å²) in [4.78, 5) is 0. The lowest BCUT2D eigenvalue weighted by atomic mass is 10.1. The SMILES string of the molecule is CSC(CN)c1ccc(C)cc1. The van der Waals surface area contributed by atoms with E-state index < -0.39 is 0 Å². The largest absolute Gasteiger partial charge is 0.329 e. The van der Waals surface area contributed by atoms with Crippen LogP contribution in [0.25, 0.3) is 0 Å². The van der Waals surface area contributed by atoms with E-state index in [1.54, 1.807) is 11.8 Å². The van der Waals surface area contributed by atoms with Gasteiger partial charge in [0.05, 0.1) is 0 Å². The minimum atomic E-state index is 0.450. The van der Waals surface area contributed by atoms with Gasteiger partial charge in [-0.3, -0.25) is 0 Å². The molecule has 2 N–H and O–H groups in total. The van der Waals surface area contributed by atoms with Crippen LogP contribution < -0.4 is 5.73 Å². The summed E-state index contributed by atoms with van der Waals surface area (Å²) in [5.74, 6) is 0. The molecule has 0 spiro atoms. The number of rotatable bonds is 3. The van der Waals surface area contributed by atoms with Crippen LogP contribution in [0, 0.1) is 6.92 Å². The Morgan fingerprint density at radius 1 is 1.33 bits per heavy atom. The van der Waals surface area contributed by atoms with Gasteiger partial charge in [0, 0.05) is 11.8 Å². The Hall–Kier alpha value is -0.470. The number of aryl methyl sites for hydroxylation is 1. The van der Waals surface area contributed by atoms with Gasteiger partial charge < -0.3 is 5.73 Å². The van der Waals surface area contributed by atoms with Gasteiger partial charge in [0.1, 0.15) is 0 Å². The normalized spacial score (nSPS) is 12.9. The maximum Gasteiger partial charge on any atom is 0.0416 e. The first-order valence-electron chi connectivity index (χ1n) is 4.07. The van der Waals surface area contributed by atoms with Crippen LogP contribution in [0.2, 0.25) is 0 Å². The topological polar surface area (TPSA) is 26.0 Å². The van der Waals surface area contributed by atoms with Gasteiger partial charge in [-0.1, -0.05) is 29.8 Å². The van der Waals surface area contributed by atoms with Gasteiger partial charge in [-0.25, -0.2) is 0 Å². The summed E-state index contributed by atoms with van der Waals surface area (Å²) in [6.45, 7) is 2.81. The number of thioether (sulfide) groups is 1. The number of hydrogen-bond donors (Lipinski definition) is 1. The monoisotopic (exact) mass is 181 g/mol. The molecule has 2 heteroatoms. The van der Waals surface area contributed by atoms with Crippen molar-refractivity contribution in [2.24, 2.45) is 5.73 Å². The van der Waals surface area contributed by atoms with Crippen LogP contribution in [0.15, 0.2) is 24.3 Å². The smallest absolute Gasteiger partial charge is 0.0416 e. The van der Waals surface area contributed by atoms with Crippen LogP contribution in [0.3, 0.4) is 0 Å². The van der Waals surface area contributed by atoms with E-state index in [1.165, 1.54) is 11.1 Å². The molecule has 0 aliphatic carbocycles. The Kier molecular flexibility index (Phi) is 3.63. The molecule has 0 aliphatic heterocycles. The Labute approximate surface area is 78.4 Å². The molecular formula is C10H15NS. The molecule has 0 aromatic heterocycles. The Bertz CT molecular complexity index is 226.